The Labute approximate surface area is 113 Å². The molecule has 0 spiro atoms. The fraction of sp³-hybridized carbons (Fsp3) is 0.467. The van der Waals surface area contributed by atoms with E-state index < -0.39 is 0 Å². The SMILES string of the molecule is Cc1nc(CN2CCC[C@@H]2CO)nc2ccccc12. The predicted octanol–water partition coefficient (Wildman–Crippen LogP) is 1.89. The van der Waals surface area contributed by atoms with E-state index in [-0.39, 0.29) is 12.6 Å². The third-order valence-electron chi connectivity index (χ3n) is 3.89. The molecule has 2 heterocycles. The summed E-state index contributed by atoms with van der Waals surface area (Å²) < 4.78 is 0. The van der Waals surface area contributed by atoms with Crippen molar-refractivity contribution in [2.75, 3.05) is 13.2 Å². The molecule has 0 bridgehead atoms. The minimum Gasteiger partial charge on any atom is -0.395 e. The van der Waals surface area contributed by atoms with E-state index in [4.69, 9.17) is 0 Å². The number of aryl methyl sites for hydroxylation is 1. The van der Waals surface area contributed by atoms with E-state index in [9.17, 15) is 5.11 Å². The summed E-state index contributed by atoms with van der Waals surface area (Å²) in [6, 6.07) is 8.38. The Balaban J connectivity index is 1.89. The van der Waals surface area contributed by atoms with E-state index in [2.05, 4.69) is 20.9 Å². The average Bonchev–Trinajstić information content (AvgIpc) is 2.86. The van der Waals surface area contributed by atoms with E-state index in [0.29, 0.717) is 0 Å². The summed E-state index contributed by atoms with van der Waals surface area (Å²) in [7, 11) is 0. The zero-order valence-electron chi connectivity index (χ0n) is 11.2. The predicted molar refractivity (Wildman–Crippen MR) is 74.8 cm³/mol. The van der Waals surface area contributed by atoms with Crippen molar-refractivity contribution in [3.8, 4) is 0 Å². The third kappa shape index (κ3) is 2.46. The molecule has 1 aliphatic heterocycles. The monoisotopic (exact) mass is 257 g/mol. The molecule has 1 atom stereocenters. The van der Waals surface area contributed by atoms with E-state index in [0.717, 1.165) is 48.4 Å². The Morgan fingerprint density at radius 3 is 3.00 bits per heavy atom. The van der Waals surface area contributed by atoms with E-state index in [1.807, 2.05) is 25.1 Å². The van der Waals surface area contributed by atoms with Crippen LogP contribution in [0, 0.1) is 6.92 Å². The Bertz CT molecular complexity index is 585. The molecule has 19 heavy (non-hydrogen) atoms. The van der Waals surface area contributed by atoms with Gasteiger partial charge in [0.2, 0.25) is 0 Å². The molecular weight excluding hydrogens is 238 g/mol. The molecule has 4 nitrogen and oxygen atoms in total. The maximum absolute atomic E-state index is 9.36. The molecule has 1 saturated heterocycles. The van der Waals surface area contributed by atoms with Gasteiger partial charge >= 0.3 is 0 Å². The highest BCUT2D eigenvalue weighted by Gasteiger charge is 2.24. The van der Waals surface area contributed by atoms with Gasteiger partial charge in [0.15, 0.2) is 0 Å². The fourth-order valence-corrected chi connectivity index (χ4v) is 2.86. The quantitative estimate of drug-likeness (QED) is 0.912. The molecule has 1 aromatic carbocycles. The Hall–Kier alpha value is -1.52. The highest BCUT2D eigenvalue weighted by molar-refractivity contribution is 5.80. The van der Waals surface area contributed by atoms with Crippen LogP contribution in [0.3, 0.4) is 0 Å². The number of likely N-dealkylation sites (tertiary alicyclic amines) is 1. The lowest BCUT2D eigenvalue weighted by atomic mass is 10.2. The molecule has 4 heteroatoms. The van der Waals surface area contributed by atoms with Crippen molar-refractivity contribution >= 4 is 10.9 Å². The summed E-state index contributed by atoms with van der Waals surface area (Å²) in [5, 5.41) is 10.5. The molecule has 0 aliphatic carbocycles. The number of aliphatic hydroxyl groups is 1. The van der Waals surface area contributed by atoms with Crippen LogP contribution in [0.1, 0.15) is 24.4 Å². The van der Waals surface area contributed by atoms with Gasteiger partial charge < -0.3 is 5.11 Å². The number of hydrogen-bond donors (Lipinski definition) is 1. The lowest BCUT2D eigenvalue weighted by Crippen LogP contribution is -2.32. The molecule has 1 aromatic heterocycles. The first-order chi connectivity index (χ1) is 9.28. The summed E-state index contributed by atoms with van der Waals surface area (Å²) in [5.74, 6) is 0.858. The second-order valence-electron chi connectivity index (χ2n) is 5.19. The third-order valence-corrected chi connectivity index (χ3v) is 3.89. The maximum atomic E-state index is 9.36. The van der Waals surface area contributed by atoms with E-state index >= 15 is 0 Å². The van der Waals surface area contributed by atoms with Gasteiger partial charge in [-0.2, -0.15) is 0 Å². The van der Waals surface area contributed by atoms with Crippen LogP contribution in [0.15, 0.2) is 24.3 Å². The number of rotatable bonds is 3. The van der Waals surface area contributed by atoms with Gasteiger partial charge in [0.1, 0.15) is 5.82 Å². The van der Waals surface area contributed by atoms with Crippen LogP contribution in [0.5, 0.6) is 0 Å². The lowest BCUT2D eigenvalue weighted by Gasteiger charge is -2.21. The van der Waals surface area contributed by atoms with Crippen LogP contribution in [-0.2, 0) is 6.54 Å². The Kier molecular flexibility index (Phi) is 3.44. The smallest absolute Gasteiger partial charge is 0.143 e. The molecule has 1 aliphatic rings. The molecule has 0 radical (unpaired) electrons. The van der Waals surface area contributed by atoms with Gasteiger partial charge in [-0.3, -0.25) is 4.90 Å². The van der Waals surface area contributed by atoms with Gasteiger partial charge in [-0.1, -0.05) is 18.2 Å². The summed E-state index contributed by atoms with van der Waals surface area (Å²) in [4.78, 5) is 11.5. The molecule has 2 aromatic rings. The first-order valence-electron chi connectivity index (χ1n) is 6.85. The van der Waals surface area contributed by atoms with Gasteiger partial charge in [-0.25, -0.2) is 9.97 Å². The lowest BCUT2D eigenvalue weighted by molar-refractivity contribution is 0.151. The van der Waals surface area contributed by atoms with Crippen LogP contribution in [0.25, 0.3) is 10.9 Å². The van der Waals surface area contributed by atoms with Gasteiger partial charge in [0.25, 0.3) is 0 Å². The fourth-order valence-electron chi connectivity index (χ4n) is 2.86. The maximum Gasteiger partial charge on any atom is 0.143 e. The molecular formula is C15H19N3O. The number of fused-ring (bicyclic) bond motifs is 1. The molecule has 1 fully saturated rings. The van der Waals surface area contributed by atoms with Crippen molar-refractivity contribution < 1.29 is 5.11 Å². The molecule has 3 rings (SSSR count). The number of nitrogens with zero attached hydrogens (tertiary/aromatic N) is 3. The van der Waals surface area contributed by atoms with E-state index in [1.165, 1.54) is 0 Å². The Morgan fingerprint density at radius 1 is 1.32 bits per heavy atom. The minimum atomic E-state index is 0.229. The van der Waals surface area contributed by atoms with E-state index in [1.54, 1.807) is 0 Å². The highest BCUT2D eigenvalue weighted by Crippen LogP contribution is 2.20. The molecule has 100 valence electrons. The Morgan fingerprint density at radius 2 is 2.16 bits per heavy atom. The van der Waals surface area contributed by atoms with Crippen molar-refractivity contribution in [1.82, 2.24) is 14.9 Å². The van der Waals surface area contributed by atoms with Crippen LogP contribution in [-0.4, -0.2) is 39.2 Å². The molecule has 0 unspecified atom stereocenters. The summed E-state index contributed by atoms with van der Waals surface area (Å²) in [5.41, 5.74) is 2.03. The number of aromatic nitrogens is 2. The number of benzene rings is 1. The summed E-state index contributed by atoms with van der Waals surface area (Å²) in [6.07, 6.45) is 2.22. The van der Waals surface area contributed by atoms with Crippen molar-refractivity contribution in [3.63, 3.8) is 0 Å². The number of para-hydroxylation sites is 1. The first-order valence-corrected chi connectivity index (χ1v) is 6.85. The van der Waals surface area contributed by atoms with Crippen molar-refractivity contribution in [1.29, 1.82) is 0 Å². The van der Waals surface area contributed by atoms with Gasteiger partial charge in [0.05, 0.1) is 18.7 Å². The van der Waals surface area contributed by atoms with Crippen molar-refractivity contribution in [2.24, 2.45) is 0 Å². The van der Waals surface area contributed by atoms with Crippen LogP contribution in [0.4, 0.5) is 0 Å². The average molecular weight is 257 g/mol. The topological polar surface area (TPSA) is 49.2 Å². The van der Waals surface area contributed by atoms with Crippen molar-refractivity contribution in [3.05, 3.63) is 35.8 Å². The molecule has 0 saturated carbocycles. The van der Waals surface area contributed by atoms with Crippen LogP contribution in [0.2, 0.25) is 0 Å². The second-order valence-corrected chi connectivity index (χ2v) is 5.19. The first kappa shape index (κ1) is 12.5. The van der Waals surface area contributed by atoms with Crippen LogP contribution >= 0.6 is 0 Å². The minimum absolute atomic E-state index is 0.229. The molecule has 1 N–H and O–H groups in total. The molecule has 0 amide bonds. The normalized spacial score (nSPS) is 20.2. The highest BCUT2D eigenvalue weighted by atomic mass is 16.3. The standard InChI is InChI=1S/C15H19N3O/c1-11-13-6-2-3-7-14(13)17-15(16-11)9-18-8-4-5-12(18)10-19/h2-3,6-7,12,19H,4-5,8-10H2,1H3/t12-/m1/s1. The van der Waals surface area contributed by atoms with Gasteiger partial charge in [-0.15, -0.1) is 0 Å². The van der Waals surface area contributed by atoms with Gasteiger partial charge in [0, 0.05) is 17.1 Å². The van der Waals surface area contributed by atoms with Crippen molar-refractivity contribution in [2.45, 2.75) is 32.4 Å². The second kappa shape index (κ2) is 5.23. The zero-order chi connectivity index (χ0) is 13.2. The van der Waals surface area contributed by atoms with Gasteiger partial charge in [-0.05, 0) is 32.4 Å². The largest absolute Gasteiger partial charge is 0.395 e. The summed E-state index contributed by atoms with van der Waals surface area (Å²) in [6.45, 7) is 4.02. The number of aliphatic hydroxyl groups excluding tert-OH is 1. The summed E-state index contributed by atoms with van der Waals surface area (Å²) >= 11 is 0. The number of hydrogen-bond acceptors (Lipinski definition) is 4. The van der Waals surface area contributed by atoms with Crippen LogP contribution < -0.4 is 0 Å². The zero-order valence-corrected chi connectivity index (χ0v) is 11.2.